The number of halogens is 1. The van der Waals surface area contributed by atoms with Crippen LogP contribution < -0.4 is 10.6 Å². The van der Waals surface area contributed by atoms with Gasteiger partial charge in [0, 0.05) is 32.2 Å². The second-order valence-corrected chi connectivity index (χ2v) is 8.07. The Bertz CT molecular complexity index is 839. The van der Waals surface area contributed by atoms with Crippen LogP contribution in [0.25, 0.3) is 0 Å². The second kappa shape index (κ2) is 10.8. The minimum atomic E-state index is -0.101. The van der Waals surface area contributed by atoms with E-state index in [0.717, 1.165) is 42.2 Å². The van der Waals surface area contributed by atoms with Gasteiger partial charge >= 0.3 is 0 Å². The molecule has 6 nitrogen and oxygen atoms in total. The molecule has 1 saturated heterocycles. The lowest BCUT2D eigenvalue weighted by Gasteiger charge is -2.22. The van der Waals surface area contributed by atoms with Crippen LogP contribution in [0.2, 0.25) is 0 Å². The maximum atomic E-state index is 12.4. The Labute approximate surface area is 195 Å². The van der Waals surface area contributed by atoms with Crippen LogP contribution in [0.5, 0.6) is 0 Å². The molecule has 2 heterocycles. The van der Waals surface area contributed by atoms with Crippen molar-refractivity contribution in [3.05, 3.63) is 59.5 Å². The van der Waals surface area contributed by atoms with Crippen molar-refractivity contribution in [1.82, 2.24) is 15.5 Å². The van der Waals surface area contributed by atoms with Crippen LogP contribution in [0.4, 0.5) is 0 Å². The highest BCUT2D eigenvalue weighted by molar-refractivity contribution is 14.0. The van der Waals surface area contributed by atoms with Crippen molar-refractivity contribution in [2.45, 2.75) is 38.8 Å². The van der Waals surface area contributed by atoms with Crippen LogP contribution in [0, 0.1) is 11.8 Å². The fourth-order valence-corrected chi connectivity index (χ4v) is 4.60. The number of rotatable bonds is 5. The minimum Gasteiger partial charge on any atom is -0.467 e. The number of hydrogen-bond acceptors (Lipinski definition) is 3. The van der Waals surface area contributed by atoms with E-state index in [4.69, 9.17) is 4.42 Å². The predicted octanol–water partition coefficient (Wildman–Crippen LogP) is 4.03. The zero-order valence-electron chi connectivity index (χ0n) is 17.5. The molecule has 2 atom stereocenters. The molecule has 4 rings (SSSR count). The predicted molar refractivity (Wildman–Crippen MR) is 129 cm³/mol. The van der Waals surface area contributed by atoms with Crippen LogP contribution in [-0.4, -0.2) is 36.9 Å². The summed E-state index contributed by atoms with van der Waals surface area (Å²) in [4.78, 5) is 19.3. The summed E-state index contributed by atoms with van der Waals surface area (Å²) in [6.45, 7) is 3.26. The van der Waals surface area contributed by atoms with Gasteiger partial charge in [-0.2, -0.15) is 0 Å². The fourth-order valence-electron chi connectivity index (χ4n) is 4.60. The van der Waals surface area contributed by atoms with Crippen LogP contribution >= 0.6 is 24.0 Å². The normalized spacial score (nSPS) is 21.0. The average molecular weight is 522 g/mol. The van der Waals surface area contributed by atoms with Crippen molar-refractivity contribution < 1.29 is 9.21 Å². The van der Waals surface area contributed by atoms with E-state index in [0.29, 0.717) is 18.7 Å². The lowest BCUT2D eigenvalue weighted by atomic mass is 9.82. The Morgan fingerprint density at radius 3 is 2.53 bits per heavy atom. The first-order valence-corrected chi connectivity index (χ1v) is 10.6. The van der Waals surface area contributed by atoms with E-state index in [1.54, 1.807) is 6.26 Å². The van der Waals surface area contributed by atoms with Gasteiger partial charge in [-0.1, -0.05) is 25.0 Å². The fraction of sp³-hybridized carbons (Fsp3) is 0.478. The molecule has 2 aromatic rings. The molecule has 30 heavy (non-hydrogen) atoms. The summed E-state index contributed by atoms with van der Waals surface area (Å²) in [7, 11) is 1.85. The Kier molecular flexibility index (Phi) is 8.18. The summed E-state index contributed by atoms with van der Waals surface area (Å²) in [6.07, 6.45) is 7.06. The minimum absolute atomic E-state index is 0. The molecule has 2 aliphatic rings. The zero-order chi connectivity index (χ0) is 20.1. The van der Waals surface area contributed by atoms with Gasteiger partial charge in [0.1, 0.15) is 5.76 Å². The number of nitrogens with zero attached hydrogens (tertiary/aromatic N) is 2. The van der Waals surface area contributed by atoms with Crippen molar-refractivity contribution >= 4 is 35.8 Å². The maximum absolute atomic E-state index is 12.4. The monoisotopic (exact) mass is 522 g/mol. The summed E-state index contributed by atoms with van der Waals surface area (Å²) in [6, 6.07) is 11.4. The largest absolute Gasteiger partial charge is 0.467 e. The Balaban J connectivity index is 0.00000256. The van der Waals surface area contributed by atoms with Gasteiger partial charge in [-0.3, -0.25) is 9.79 Å². The lowest BCUT2D eigenvalue weighted by molar-refractivity contribution is 0.0948. The van der Waals surface area contributed by atoms with Gasteiger partial charge in [0.05, 0.1) is 12.8 Å². The van der Waals surface area contributed by atoms with Crippen LogP contribution in [0.1, 0.15) is 47.4 Å². The molecule has 1 aliphatic carbocycles. The van der Waals surface area contributed by atoms with Crippen molar-refractivity contribution in [2.24, 2.45) is 16.8 Å². The molecule has 162 valence electrons. The highest BCUT2D eigenvalue weighted by Crippen LogP contribution is 2.35. The number of carbonyl (C=O) groups excluding carboxylic acids is 1. The first kappa shape index (κ1) is 22.7. The number of aliphatic imine (C=N–C) groups is 1. The highest BCUT2D eigenvalue weighted by atomic mass is 127. The molecule has 2 fully saturated rings. The molecule has 1 saturated carbocycles. The zero-order valence-corrected chi connectivity index (χ0v) is 19.8. The maximum Gasteiger partial charge on any atom is 0.251 e. The second-order valence-electron chi connectivity index (χ2n) is 8.07. The molecule has 1 aromatic heterocycles. The lowest BCUT2D eigenvalue weighted by Crippen LogP contribution is -2.39. The topological polar surface area (TPSA) is 69.9 Å². The van der Waals surface area contributed by atoms with Crippen LogP contribution in [0.15, 0.2) is 52.1 Å². The van der Waals surface area contributed by atoms with Crippen LogP contribution in [0.3, 0.4) is 0 Å². The van der Waals surface area contributed by atoms with E-state index in [1.807, 2.05) is 43.4 Å². The van der Waals surface area contributed by atoms with Gasteiger partial charge in [0.15, 0.2) is 5.96 Å². The molecule has 1 aromatic carbocycles. The average Bonchev–Trinajstić information content (AvgIpc) is 3.42. The van der Waals surface area contributed by atoms with Crippen molar-refractivity contribution in [3.63, 3.8) is 0 Å². The molecule has 0 radical (unpaired) electrons. The molecule has 1 amide bonds. The van der Waals surface area contributed by atoms with Crippen molar-refractivity contribution in [3.8, 4) is 0 Å². The molecular weight excluding hydrogens is 491 g/mol. The van der Waals surface area contributed by atoms with Gasteiger partial charge in [-0.25, -0.2) is 0 Å². The number of hydrogen-bond donors (Lipinski definition) is 2. The summed E-state index contributed by atoms with van der Waals surface area (Å²) in [5, 5.41) is 6.38. The van der Waals surface area contributed by atoms with E-state index >= 15 is 0 Å². The van der Waals surface area contributed by atoms with Gasteiger partial charge in [-0.15, -0.1) is 24.0 Å². The molecule has 2 N–H and O–H groups in total. The van der Waals surface area contributed by atoms with E-state index in [-0.39, 0.29) is 29.9 Å². The molecule has 0 spiro atoms. The molecule has 1 aliphatic heterocycles. The summed E-state index contributed by atoms with van der Waals surface area (Å²) in [5.74, 6) is 3.25. The number of amides is 1. The Morgan fingerprint density at radius 1 is 1.10 bits per heavy atom. The quantitative estimate of drug-likeness (QED) is 0.354. The third kappa shape index (κ3) is 5.56. The summed E-state index contributed by atoms with van der Waals surface area (Å²) >= 11 is 0. The third-order valence-electron chi connectivity index (χ3n) is 6.13. The number of carbonyl (C=O) groups is 1. The van der Waals surface area contributed by atoms with E-state index in [9.17, 15) is 4.79 Å². The van der Waals surface area contributed by atoms with E-state index in [2.05, 4.69) is 20.5 Å². The standard InChI is InChI=1S/C23H30N4O2.HI/c1-24-23(27-15-19-7-2-3-8-20(19)16-27)26-13-17-6-4-9-18(12-17)22(28)25-14-21-10-5-11-29-21;/h4-6,9-12,19-20H,2-3,7-8,13-16H2,1H3,(H,24,26)(H,25,28);1H. The van der Waals surface area contributed by atoms with Crippen LogP contribution in [-0.2, 0) is 13.1 Å². The first-order chi connectivity index (χ1) is 14.2. The number of furan rings is 1. The molecule has 2 unspecified atom stereocenters. The summed E-state index contributed by atoms with van der Waals surface area (Å²) in [5.41, 5.74) is 1.71. The van der Waals surface area contributed by atoms with Crippen molar-refractivity contribution in [2.75, 3.05) is 20.1 Å². The van der Waals surface area contributed by atoms with Crippen molar-refractivity contribution in [1.29, 1.82) is 0 Å². The van der Waals surface area contributed by atoms with Gasteiger partial charge in [0.25, 0.3) is 5.91 Å². The van der Waals surface area contributed by atoms with E-state index < -0.39 is 0 Å². The smallest absolute Gasteiger partial charge is 0.251 e. The van der Waals surface area contributed by atoms with Gasteiger partial charge in [0.2, 0.25) is 0 Å². The number of nitrogens with one attached hydrogen (secondary N) is 2. The van der Waals surface area contributed by atoms with E-state index in [1.165, 1.54) is 25.7 Å². The molecule has 7 heteroatoms. The molecule has 0 bridgehead atoms. The highest BCUT2D eigenvalue weighted by Gasteiger charge is 2.35. The SMILES string of the molecule is CN=C(NCc1cccc(C(=O)NCc2ccco2)c1)N1CC2CCCCC2C1.I. The number of fused-ring (bicyclic) bond motifs is 1. The van der Waals surface area contributed by atoms with Gasteiger partial charge < -0.3 is 20.0 Å². The van der Waals surface area contributed by atoms with Gasteiger partial charge in [-0.05, 0) is 54.5 Å². The first-order valence-electron chi connectivity index (χ1n) is 10.6. The number of likely N-dealkylation sites (tertiary alicyclic amines) is 1. The molecular formula is C23H31IN4O2. The Hall–Kier alpha value is -2.03. The summed E-state index contributed by atoms with van der Waals surface area (Å²) < 4.78 is 5.26. The Morgan fingerprint density at radius 2 is 1.87 bits per heavy atom. The number of guanidine groups is 1. The third-order valence-corrected chi connectivity index (χ3v) is 6.13. The number of benzene rings is 1.